The van der Waals surface area contributed by atoms with E-state index in [9.17, 15) is 24.9 Å². The third-order valence-corrected chi connectivity index (χ3v) is 12.7. The van der Waals surface area contributed by atoms with E-state index in [4.69, 9.17) is 4.42 Å². The number of nitrogens with zero attached hydrogens (tertiary/aromatic N) is 9. The average molecular weight is 835 g/mol. The van der Waals surface area contributed by atoms with Gasteiger partial charge < -0.3 is 40.2 Å². The molecule has 3 fully saturated rings. The number of aromatic nitrogens is 6. The molecule has 6 N–H and O–H groups in total. The minimum atomic E-state index is -0.962. The van der Waals surface area contributed by atoms with Crippen LogP contribution in [0.4, 0.5) is 21.9 Å². The summed E-state index contributed by atoms with van der Waals surface area (Å²) in [5.74, 6) is 1.08. The Balaban J connectivity index is 0.699. The number of aliphatic hydroxyl groups is 3. The van der Waals surface area contributed by atoms with Gasteiger partial charge in [-0.15, -0.1) is 10.2 Å². The van der Waals surface area contributed by atoms with Crippen molar-refractivity contribution in [3.63, 3.8) is 0 Å². The Morgan fingerprint density at radius 3 is 2.61 bits per heavy atom. The third-order valence-electron chi connectivity index (χ3n) is 12.7. The topological polar surface area (TPSA) is 223 Å². The number of aliphatic hydroxyl groups excluding tert-OH is 3. The molecule has 3 aliphatic heterocycles. The van der Waals surface area contributed by atoms with Gasteiger partial charge in [-0.1, -0.05) is 19.3 Å². The van der Waals surface area contributed by atoms with Crippen molar-refractivity contribution in [3.8, 4) is 11.6 Å². The van der Waals surface area contributed by atoms with E-state index in [0.717, 1.165) is 99.3 Å². The zero-order valence-corrected chi connectivity index (χ0v) is 34.4. The van der Waals surface area contributed by atoms with Crippen LogP contribution in [0.2, 0.25) is 0 Å². The molecule has 0 spiro atoms. The Morgan fingerprint density at radius 1 is 0.967 bits per heavy atom. The molecule has 9 rings (SSSR count). The first kappa shape index (κ1) is 40.9. The predicted molar refractivity (Wildman–Crippen MR) is 226 cm³/mol. The molecule has 1 aromatic carbocycles. The van der Waals surface area contributed by atoms with Crippen molar-refractivity contribution in [3.05, 3.63) is 77.2 Å². The first-order valence-corrected chi connectivity index (χ1v) is 21.6. The molecule has 0 radical (unpaired) electrons. The number of urea groups is 1. The summed E-state index contributed by atoms with van der Waals surface area (Å²) < 4.78 is 7.81. The number of carbonyl (C=O) groups excluding carboxylic acids is 2. The van der Waals surface area contributed by atoms with E-state index < -0.39 is 24.7 Å². The number of unbranched alkanes of at least 4 members (excludes halogenated alkanes) is 2. The lowest BCUT2D eigenvalue weighted by Crippen LogP contribution is -2.56. The van der Waals surface area contributed by atoms with E-state index in [0.29, 0.717) is 72.6 Å². The zero-order valence-electron chi connectivity index (χ0n) is 34.4. The van der Waals surface area contributed by atoms with E-state index in [-0.39, 0.29) is 11.9 Å². The number of fused-ring (bicyclic) bond motifs is 2. The van der Waals surface area contributed by atoms with Crippen LogP contribution < -0.4 is 20.9 Å². The highest BCUT2D eigenvalue weighted by Gasteiger charge is 2.39. The van der Waals surface area contributed by atoms with Gasteiger partial charge in [-0.2, -0.15) is 5.10 Å². The highest BCUT2D eigenvalue weighted by atomic mass is 16.4. The SMILES string of the molecule is Cc1cc(NC(=O)Nc2cnc3ccnn3c2C2CCCC2)cnc1-c1nnc(CCCCCC(O)N2CCN(c3ccc4c(c3)CN(C3CCC(O)NC3O)C4=O)CC2)o1. The summed E-state index contributed by atoms with van der Waals surface area (Å²) in [7, 11) is 0. The number of benzene rings is 1. The van der Waals surface area contributed by atoms with Gasteiger partial charge in [0, 0.05) is 62.4 Å². The van der Waals surface area contributed by atoms with E-state index in [1.54, 1.807) is 23.5 Å². The molecule has 0 bridgehead atoms. The lowest BCUT2D eigenvalue weighted by atomic mass is 10.0. The second kappa shape index (κ2) is 17.8. The number of piperazine rings is 1. The normalized spacial score (nSPS) is 21.6. The number of rotatable bonds is 13. The second-order valence-corrected chi connectivity index (χ2v) is 16.8. The van der Waals surface area contributed by atoms with E-state index >= 15 is 0 Å². The Labute approximate surface area is 353 Å². The van der Waals surface area contributed by atoms with Gasteiger partial charge in [-0.25, -0.2) is 19.3 Å². The molecular weight excluding hydrogens is 781 g/mol. The van der Waals surface area contributed by atoms with Crippen molar-refractivity contribution >= 4 is 34.6 Å². The van der Waals surface area contributed by atoms with Crippen LogP contribution in [0.3, 0.4) is 0 Å². The maximum Gasteiger partial charge on any atom is 0.323 e. The molecule has 4 atom stereocenters. The predicted octanol–water partition coefficient (Wildman–Crippen LogP) is 4.37. The molecule has 1 aliphatic carbocycles. The van der Waals surface area contributed by atoms with Crippen LogP contribution in [0.15, 0.2) is 53.3 Å². The highest BCUT2D eigenvalue weighted by Crippen LogP contribution is 2.38. The number of piperidine rings is 1. The van der Waals surface area contributed by atoms with Crippen LogP contribution in [0.5, 0.6) is 0 Å². The van der Waals surface area contributed by atoms with Crippen LogP contribution in [0, 0.1) is 6.92 Å². The van der Waals surface area contributed by atoms with E-state index in [1.807, 2.05) is 35.7 Å². The van der Waals surface area contributed by atoms with Gasteiger partial charge in [0.25, 0.3) is 11.8 Å². The number of pyridine rings is 1. The fourth-order valence-electron chi connectivity index (χ4n) is 9.42. The van der Waals surface area contributed by atoms with Gasteiger partial charge in [0.15, 0.2) is 5.65 Å². The Hall–Kier alpha value is -5.53. The number of carbonyl (C=O) groups is 2. The molecular formula is C43H54N12O6. The largest absolute Gasteiger partial charge is 0.419 e. The van der Waals surface area contributed by atoms with Crippen molar-refractivity contribution in [2.75, 3.05) is 41.7 Å². The molecule has 4 unspecified atom stereocenters. The van der Waals surface area contributed by atoms with Gasteiger partial charge in [-0.05, 0) is 87.3 Å². The summed E-state index contributed by atoms with van der Waals surface area (Å²) in [4.78, 5) is 41.4. The maximum absolute atomic E-state index is 13.2. The summed E-state index contributed by atoms with van der Waals surface area (Å²) in [5.41, 5.74) is 6.91. The van der Waals surface area contributed by atoms with Crippen molar-refractivity contribution < 1.29 is 29.3 Å². The monoisotopic (exact) mass is 834 g/mol. The standard InChI is InChI=1S/C43H54N12O6/c1-26-21-29(47-43(60)48-32-24-44-34-15-16-46-55(34)39(32)27-7-5-6-8-27)23-45-38(26)41-51-50-36(61-41)9-3-2-4-10-37(57)53-19-17-52(18-20-53)30-11-12-31-28(22-30)25-54(42(31)59)33-13-14-35(56)49-40(33)58/h11-12,15-16,21-24,27,33,35,37,40,49,56-58H,2-10,13-14,17-20,25H2,1H3,(H2,47,48,60). The van der Waals surface area contributed by atoms with Crippen LogP contribution >= 0.6 is 0 Å². The summed E-state index contributed by atoms with van der Waals surface area (Å²) in [6.45, 7) is 5.32. The van der Waals surface area contributed by atoms with Crippen LogP contribution in [0.25, 0.3) is 17.2 Å². The van der Waals surface area contributed by atoms with Gasteiger partial charge in [0.2, 0.25) is 5.89 Å². The molecule has 7 heterocycles. The van der Waals surface area contributed by atoms with Crippen molar-refractivity contribution in [1.29, 1.82) is 0 Å². The minimum absolute atomic E-state index is 0.0856. The number of amides is 3. The molecule has 4 aliphatic rings. The number of aryl methyl sites for hydroxylation is 2. The second-order valence-electron chi connectivity index (χ2n) is 16.8. The van der Waals surface area contributed by atoms with Gasteiger partial charge in [0.05, 0.1) is 41.7 Å². The minimum Gasteiger partial charge on any atom is -0.419 e. The smallest absolute Gasteiger partial charge is 0.323 e. The molecule has 4 aromatic heterocycles. The van der Waals surface area contributed by atoms with Crippen LogP contribution in [-0.4, -0.2) is 118 Å². The van der Waals surface area contributed by atoms with Gasteiger partial charge in [0.1, 0.15) is 24.4 Å². The zero-order chi connectivity index (χ0) is 42.0. The Bertz CT molecular complexity index is 2350. The highest BCUT2D eigenvalue weighted by molar-refractivity contribution is 6.00. The lowest BCUT2D eigenvalue weighted by molar-refractivity contribution is -0.0477. The van der Waals surface area contributed by atoms with Gasteiger partial charge in [-0.3, -0.25) is 15.0 Å². The average Bonchev–Trinajstić information content (AvgIpc) is 4.10. The summed E-state index contributed by atoms with van der Waals surface area (Å²) in [5, 5.41) is 52.9. The number of anilines is 3. The van der Waals surface area contributed by atoms with Gasteiger partial charge >= 0.3 is 6.03 Å². The van der Waals surface area contributed by atoms with Crippen molar-refractivity contribution in [1.82, 2.24) is 44.9 Å². The lowest BCUT2D eigenvalue weighted by Gasteiger charge is -2.38. The first-order valence-electron chi connectivity index (χ1n) is 21.6. The molecule has 322 valence electrons. The molecule has 1 saturated carbocycles. The fourth-order valence-corrected chi connectivity index (χ4v) is 9.42. The van der Waals surface area contributed by atoms with Crippen LogP contribution in [-0.2, 0) is 13.0 Å². The Morgan fingerprint density at radius 2 is 1.80 bits per heavy atom. The fraction of sp³-hybridized carbons (Fsp3) is 0.512. The van der Waals surface area contributed by atoms with E-state index in [1.165, 1.54) is 0 Å². The third kappa shape index (κ3) is 8.81. The number of hydrogen-bond donors (Lipinski definition) is 6. The number of hydrogen-bond acceptors (Lipinski definition) is 14. The maximum atomic E-state index is 13.2. The molecule has 2 saturated heterocycles. The van der Waals surface area contributed by atoms with Crippen LogP contribution in [0.1, 0.15) is 103 Å². The summed E-state index contributed by atoms with van der Waals surface area (Å²) >= 11 is 0. The number of nitrogens with one attached hydrogen (secondary N) is 3. The molecule has 18 nitrogen and oxygen atoms in total. The molecule has 3 amide bonds. The quantitative estimate of drug-likeness (QED) is 0.0908. The molecule has 18 heteroatoms. The first-order chi connectivity index (χ1) is 29.7. The Kier molecular flexibility index (Phi) is 11.9. The molecule has 61 heavy (non-hydrogen) atoms. The summed E-state index contributed by atoms with van der Waals surface area (Å²) in [6.07, 6.45) is 12.1. The van der Waals surface area contributed by atoms with Crippen molar-refractivity contribution in [2.45, 2.75) is 115 Å². The molecule has 5 aromatic rings. The van der Waals surface area contributed by atoms with E-state index in [2.05, 4.69) is 57.1 Å². The summed E-state index contributed by atoms with van der Waals surface area (Å²) in [6, 6.07) is 8.86. The van der Waals surface area contributed by atoms with Crippen molar-refractivity contribution in [2.24, 2.45) is 0 Å².